The summed E-state index contributed by atoms with van der Waals surface area (Å²) in [5.74, 6) is 1.48. The fourth-order valence-electron chi connectivity index (χ4n) is 2.38. The van der Waals surface area contributed by atoms with Gasteiger partial charge in [-0.15, -0.1) is 0 Å². The summed E-state index contributed by atoms with van der Waals surface area (Å²) in [7, 11) is 1.59. The predicted octanol–water partition coefficient (Wildman–Crippen LogP) is 3.01. The van der Waals surface area contributed by atoms with Crippen LogP contribution in [0.25, 0.3) is 0 Å². The Morgan fingerprint density at radius 3 is 2.56 bits per heavy atom. The van der Waals surface area contributed by atoms with E-state index in [1.807, 2.05) is 31.2 Å². The number of rotatable bonds is 9. The molecule has 0 saturated carbocycles. The van der Waals surface area contributed by atoms with Crippen LogP contribution in [0.15, 0.2) is 48.5 Å². The van der Waals surface area contributed by atoms with Crippen molar-refractivity contribution in [2.45, 2.75) is 25.9 Å². The van der Waals surface area contributed by atoms with Crippen molar-refractivity contribution in [2.75, 3.05) is 20.3 Å². The van der Waals surface area contributed by atoms with Gasteiger partial charge in [-0.3, -0.25) is 4.79 Å². The number of aliphatic hydroxyl groups excluding tert-OH is 1. The highest BCUT2D eigenvalue weighted by Gasteiger charge is 2.10. The van der Waals surface area contributed by atoms with Crippen LogP contribution in [0, 0.1) is 6.92 Å². The van der Waals surface area contributed by atoms with E-state index >= 15 is 0 Å². The first kappa shape index (κ1) is 18.8. The molecule has 0 aliphatic rings. The zero-order valence-corrected chi connectivity index (χ0v) is 14.7. The van der Waals surface area contributed by atoms with E-state index in [-0.39, 0.29) is 12.5 Å². The van der Waals surface area contributed by atoms with Gasteiger partial charge in [0.25, 0.3) is 0 Å². The molecule has 0 heterocycles. The molecule has 0 fully saturated rings. The van der Waals surface area contributed by atoms with E-state index in [1.54, 1.807) is 31.4 Å². The van der Waals surface area contributed by atoms with E-state index in [2.05, 4.69) is 5.32 Å². The SMILES string of the molecule is COc1ccc(C(O)CNC(=O)CCCOc2ccccc2C)cc1. The number of ether oxygens (including phenoxy) is 2. The molecule has 0 saturated heterocycles. The predicted molar refractivity (Wildman–Crippen MR) is 96.9 cm³/mol. The molecule has 0 aliphatic heterocycles. The van der Waals surface area contributed by atoms with Crippen molar-refractivity contribution in [3.8, 4) is 11.5 Å². The maximum atomic E-state index is 11.9. The summed E-state index contributed by atoms with van der Waals surface area (Å²) >= 11 is 0. The Labute approximate surface area is 148 Å². The highest BCUT2D eigenvalue weighted by Crippen LogP contribution is 2.17. The van der Waals surface area contributed by atoms with Crippen LogP contribution in [-0.4, -0.2) is 31.3 Å². The molecule has 2 aromatic rings. The van der Waals surface area contributed by atoms with Gasteiger partial charge < -0.3 is 19.9 Å². The zero-order chi connectivity index (χ0) is 18.1. The molecule has 0 radical (unpaired) electrons. The van der Waals surface area contributed by atoms with Crippen LogP contribution in [0.2, 0.25) is 0 Å². The lowest BCUT2D eigenvalue weighted by molar-refractivity contribution is -0.121. The van der Waals surface area contributed by atoms with Gasteiger partial charge >= 0.3 is 0 Å². The molecule has 2 aromatic carbocycles. The van der Waals surface area contributed by atoms with Gasteiger partial charge in [-0.25, -0.2) is 0 Å². The second-order valence-corrected chi connectivity index (χ2v) is 5.81. The average Bonchev–Trinajstić information content (AvgIpc) is 2.64. The van der Waals surface area contributed by atoms with Gasteiger partial charge in [0.2, 0.25) is 5.91 Å². The minimum Gasteiger partial charge on any atom is -0.497 e. The third-order valence-electron chi connectivity index (χ3n) is 3.89. The third-order valence-corrected chi connectivity index (χ3v) is 3.89. The molecule has 1 atom stereocenters. The lowest BCUT2D eigenvalue weighted by Crippen LogP contribution is -2.28. The summed E-state index contributed by atoms with van der Waals surface area (Å²) in [6, 6.07) is 14.9. The second kappa shape index (κ2) is 9.69. The van der Waals surface area contributed by atoms with E-state index in [1.165, 1.54) is 0 Å². The lowest BCUT2D eigenvalue weighted by atomic mass is 10.1. The van der Waals surface area contributed by atoms with E-state index in [0.717, 1.165) is 22.6 Å². The van der Waals surface area contributed by atoms with Crippen LogP contribution in [0.4, 0.5) is 0 Å². The van der Waals surface area contributed by atoms with Crippen molar-refractivity contribution in [1.29, 1.82) is 0 Å². The summed E-state index contributed by atoms with van der Waals surface area (Å²) in [4.78, 5) is 11.9. The number of para-hydroxylation sites is 1. The van der Waals surface area contributed by atoms with Crippen molar-refractivity contribution in [1.82, 2.24) is 5.32 Å². The molecule has 2 rings (SSSR count). The fourth-order valence-corrected chi connectivity index (χ4v) is 2.38. The first-order chi connectivity index (χ1) is 12.1. The minimum absolute atomic E-state index is 0.0963. The van der Waals surface area contributed by atoms with Gasteiger partial charge in [-0.05, 0) is 42.7 Å². The monoisotopic (exact) mass is 343 g/mol. The minimum atomic E-state index is -0.738. The lowest BCUT2D eigenvalue weighted by Gasteiger charge is -2.13. The van der Waals surface area contributed by atoms with E-state index in [9.17, 15) is 9.90 Å². The maximum Gasteiger partial charge on any atom is 0.220 e. The average molecular weight is 343 g/mol. The summed E-state index contributed by atoms with van der Waals surface area (Å²) in [5, 5.41) is 12.8. The van der Waals surface area contributed by atoms with Crippen LogP contribution < -0.4 is 14.8 Å². The molecule has 1 unspecified atom stereocenters. The van der Waals surface area contributed by atoms with Crippen LogP contribution in [0.3, 0.4) is 0 Å². The Morgan fingerprint density at radius 2 is 1.88 bits per heavy atom. The van der Waals surface area contributed by atoms with E-state index in [4.69, 9.17) is 9.47 Å². The molecular formula is C20H25NO4. The van der Waals surface area contributed by atoms with Crippen LogP contribution in [0.5, 0.6) is 11.5 Å². The molecule has 5 heteroatoms. The Hall–Kier alpha value is -2.53. The number of aryl methyl sites for hydroxylation is 1. The Balaban J connectivity index is 1.65. The molecule has 0 spiro atoms. The normalized spacial score (nSPS) is 11.6. The van der Waals surface area contributed by atoms with Gasteiger partial charge in [0.1, 0.15) is 11.5 Å². The van der Waals surface area contributed by atoms with Gasteiger partial charge in [0, 0.05) is 13.0 Å². The Morgan fingerprint density at radius 1 is 1.16 bits per heavy atom. The number of aliphatic hydroxyl groups is 1. The number of carbonyl (C=O) groups excluding carboxylic acids is 1. The molecule has 1 amide bonds. The van der Waals surface area contributed by atoms with Crippen LogP contribution in [0.1, 0.15) is 30.1 Å². The molecular weight excluding hydrogens is 318 g/mol. The number of methoxy groups -OCH3 is 1. The van der Waals surface area contributed by atoms with Crippen LogP contribution in [-0.2, 0) is 4.79 Å². The van der Waals surface area contributed by atoms with Crippen molar-refractivity contribution >= 4 is 5.91 Å². The number of hydrogen-bond acceptors (Lipinski definition) is 4. The van der Waals surface area contributed by atoms with E-state index < -0.39 is 6.10 Å². The topological polar surface area (TPSA) is 67.8 Å². The maximum absolute atomic E-state index is 11.9. The quantitative estimate of drug-likeness (QED) is 0.687. The molecule has 2 N–H and O–H groups in total. The number of amides is 1. The molecule has 25 heavy (non-hydrogen) atoms. The van der Waals surface area contributed by atoms with Gasteiger partial charge in [-0.2, -0.15) is 0 Å². The fraction of sp³-hybridized carbons (Fsp3) is 0.350. The second-order valence-electron chi connectivity index (χ2n) is 5.81. The van der Waals surface area contributed by atoms with Crippen molar-refractivity contribution in [2.24, 2.45) is 0 Å². The molecule has 0 bridgehead atoms. The largest absolute Gasteiger partial charge is 0.497 e. The first-order valence-electron chi connectivity index (χ1n) is 8.37. The third kappa shape index (κ3) is 6.12. The Kier molecular flexibility index (Phi) is 7.29. The number of benzene rings is 2. The summed E-state index contributed by atoms with van der Waals surface area (Å²) in [6.07, 6.45) is 0.248. The highest BCUT2D eigenvalue weighted by molar-refractivity contribution is 5.75. The molecule has 0 aliphatic carbocycles. The molecule has 134 valence electrons. The number of nitrogens with one attached hydrogen (secondary N) is 1. The van der Waals surface area contributed by atoms with Gasteiger partial charge in [0.15, 0.2) is 0 Å². The summed E-state index contributed by atoms with van der Waals surface area (Å²) in [5.41, 5.74) is 1.82. The first-order valence-corrected chi connectivity index (χ1v) is 8.37. The number of hydrogen-bond donors (Lipinski definition) is 2. The van der Waals surface area contributed by atoms with Gasteiger partial charge in [0.05, 0.1) is 19.8 Å². The zero-order valence-electron chi connectivity index (χ0n) is 14.7. The molecule has 0 aromatic heterocycles. The summed E-state index contributed by atoms with van der Waals surface area (Å²) in [6.45, 7) is 2.66. The van der Waals surface area contributed by atoms with Crippen molar-refractivity contribution in [3.63, 3.8) is 0 Å². The summed E-state index contributed by atoms with van der Waals surface area (Å²) < 4.78 is 10.7. The highest BCUT2D eigenvalue weighted by atomic mass is 16.5. The van der Waals surface area contributed by atoms with E-state index in [0.29, 0.717) is 19.4 Å². The Bertz CT molecular complexity index is 670. The molecule has 5 nitrogen and oxygen atoms in total. The van der Waals surface area contributed by atoms with Gasteiger partial charge in [-0.1, -0.05) is 30.3 Å². The van der Waals surface area contributed by atoms with Crippen LogP contribution >= 0.6 is 0 Å². The smallest absolute Gasteiger partial charge is 0.220 e. The number of carbonyl (C=O) groups is 1. The van der Waals surface area contributed by atoms with Crippen molar-refractivity contribution in [3.05, 3.63) is 59.7 Å². The van der Waals surface area contributed by atoms with Crippen molar-refractivity contribution < 1.29 is 19.4 Å². The standard InChI is InChI=1S/C20H25NO4/c1-15-6-3-4-7-19(15)25-13-5-8-20(23)21-14-18(22)16-9-11-17(24-2)12-10-16/h3-4,6-7,9-12,18,22H,5,8,13-14H2,1-2H3,(H,21,23).